The first-order chi connectivity index (χ1) is 14.1. The van der Waals surface area contributed by atoms with Gasteiger partial charge in [-0.2, -0.15) is 13.2 Å². The van der Waals surface area contributed by atoms with Gasteiger partial charge < -0.3 is 15.2 Å². The predicted molar refractivity (Wildman–Crippen MR) is 104 cm³/mol. The molecule has 2 aromatic rings. The molecule has 2 N–H and O–H groups in total. The smallest absolute Gasteiger partial charge is 0.416 e. The number of hydrogen-bond donors (Lipinski definition) is 2. The Morgan fingerprint density at radius 1 is 1.30 bits per heavy atom. The highest BCUT2D eigenvalue weighted by molar-refractivity contribution is 8.18. The van der Waals surface area contributed by atoms with Gasteiger partial charge in [-0.05, 0) is 47.7 Å². The standard InChI is InChI=1S/C18H12F3N3O5S/c1-29-13-6-9(5-12(15(13)25)24(27)28)7-14-16(26)23-17(30-14)22-11-4-2-3-10(8-11)18(19,20)21/h2-8,25H,1H3,(H,22,23,26)/b14-7-. The summed E-state index contributed by atoms with van der Waals surface area (Å²) < 4.78 is 43.4. The van der Waals surface area contributed by atoms with E-state index < -0.39 is 34.0 Å². The van der Waals surface area contributed by atoms with Crippen LogP contribution >= 0.6 is 11.8 Å². The number of ether oxygens (including phenoxy) is 1. The van der Waals surface area contributed by atoms with Crippen molar-refractivity contribution in [1.29, 1.82) is 0 Å². The Morgan fingerprint density at radius 2 is 2.03 bits per heavy atom. The monoisotopic (exact) mass is 439 g/mol. The number of phenolic OH excluding ortho intramolecular Hbond substituents is 1. The molecule has 0 radical (unpaired) electrons. The van der Waals surface area contributed by atoms with Crippen LogP contribution in [0.15, 0.2) is 46.3 Å². The zero-order chi connectivity index (χ0) is 22.1. The van der Waals surface area contributed by atoms with Crippen LogP contribution in [-0.4, -0.2) is 28.2 Å². The predicted octanol–water partition coefficient (Wildman–Crippen LogP) is 4.22. The largest absolute Gasteiger partial charge is 0.500 e. The summed E-state index contributed by atoms with van der Waals surface area (Å²) in [4.78, 5) is 26.6. The fourth-order valence-electron chi connectivity index (χ4n) is 2.49. The molecule has 0 bridgehead atoms. The summed E-state index contributed by atoms with van der Waals surface area (Å²) in [5.74, 6) is -1.39. The van der Waals surface area contributed by atoms with E-state index in [9.17, 15) is 33.2 Å². The first-order valence-electron chi connectivity index (χ1n) is 8.10. The number of halogens is 3. The van der Waals surface area contributed by atoms with Crippen LogP contribution in [0.3, 0.4) is 0 Å². The molecule has 1 aliphatic rings. The van der Waals surface area contributed by atoms with E-state index in [2.05, 4.69) is 10.3 Å². The number of aromatic hydroxyl groups is 1. The van der Waals surface area contributed by atoms with Gasteiger partial charge in [0.15, 0.2) is 10.9 Å². The molecular formula is C18H12F3N3O5S. The number of hydrogen-bond acceptors (Lipinski definition) is 7. The molecule has 0 saturated carbocycles. The molecular weight excluding hydrogens is 427 g/mol. The van der Waals surface area contributed by atoms with E-state index in [0.29, 0.717) is 0 Å². The number of benzene rings is 2. The summed E-state index contributed by atoms with van der Waals surface area (Å²) in [6.07, 6.45) is -3.22. The third-order valence-corrected chi connectivity index (χ3v) is 4.76. The van der Waals surface area contributed by atoms with Crippen molar-refractivity contribution in [1.82, 2.24) is 5.32 Å². The fraction of sp³-hybridized carbons (Fsp3) is 0.111. The van der Waals surface area contributed by atoms with Crippen molar-refractivity contribution in [3.05, 3.63) is 62.5 Å². The topological polar surface area (TPSA) is 114 Å². The molecule has 1 aliphatic heterocycles. The average Bonchev–Trinajstić information content (AvgIpc) is 3.01. The lowest BCUT2D eigenvalue weighted by molar-refractivity contribution is -0.386. The molecule has 1 saturated heterocycles. The molecule has 1 amide bonds. The van der Waals surface area contributed by atoms with E-state index in [-0.39, 0.29) is 27.1 Å². The van der Waals surface area contributed by atoms with Gasteiger partial charge in [0.2, 0.25) is 5.75 Å². The lowest BCUT2D eigenvalue weighted by Gasteiger charge is -2.06. The number of carbonyl (C=O) groups excluding carboxylic acids is 1. The Kier molecular flexibility index (Phi) is 5.69. The quantitative estimate of drug-likeness (QED) is 0.419. The van der Waals surface area contributed by atoms with E-state index in [4.69, 9.17) is 4.74 Å². The Balaban J connectivity index is 1.91. The van der Waals surface area contributed by atoms with Crippen molar-refractivity contribution in [3.8, 4) is 11.5 Å². The second kappa shape index (κ2) is 8.06. The van der Waals surface area contributed by atoms with E-state index in [1.54, 1.807) is 0 Å². The number of amides is 1. The average molecular weight is 439 g/mol. The minimum atomic E-state index is -4.53. The molecule has 156 valence electrons. The van der Waals surface area contributed by atoms with E-state index >= 15 is 0 Å². The normalized spacial score (nSPS) is 16.7. The van der Waals surface area contributed by atoms with Crippen LogP contribution in [0, 0.1) is 10.1 Å². The third kappa shape index (κ3) is 4.54. The number of methoxy groups -OCH3 is 1. The van der Waals surface area contributed by atoms with Crippen LogP contribution in [-0.2, 0) is 11.0 Å². The number of nitro groups is 1. The molecule has 1 heterocycles. The van der Waals surface area contributed by atoms with Crippen molar-refractivity contribution in [3.63, 3.8) is 0 Å². The van der Waals surface area contributed by atoms with Crippen LogP contribution in [0.4, 0.5) is 24.5 Å². The molecule has 0 atom stereocenters. The second-order valence-corrected chi connectivity index (χ2v) is 6.91. The summed E-state index contributed by atoms with van der Waals surface area (Å²) in [7, 11) is 1.21. The summed E-state index contributed by atoms with van der Waals surface area (Å²) in [6, 6.07) is 6.65. The fourth-order valence-corrected chi connectivity index (χ4v) is 3.33. The molecule has 0 unspecified atom stereocenters. The summed E-state index contributed by atoms with van der Waals surface area (Å²) in [6.45, 7) is 0. The lowest BCUT2D eigenvalue weighted by atomic mass is 10.1. The Hall–Kier alpha value is -3.54. The first-order valence-corrected chi connectivity index (χ1v) is 8.92. The van der Waals surface area contributed by atoms with Crippen molar-refractivity contribution in [2.45, 2.75) is 6.18 Å². The van der Waals surface area contributed by atoms with Crippen LogP contribution in [0.1, 0.15) is 11.1 Å². The van der Waals surface area contributed by atoms with Gasteiger partial charge >= 0.3 is 11.9 Å². The van der Waals surface area contributed by atoms with Gasteiger partial charge in [-0.25, -0.2) is 4.99 Å². The van der Waals surface area contributed by atoms with Crippen molar-refractivity contribution < 1.29 is 32.7 Å². The maximum absolute atomic E-state index is 12.8. The molecule has 2 aromatic carbocycles. The van der Waals surface area contributed by atoms with E-state index in [1.165, 1.54) is 31.4 Å². The van der Waals surface area contributed by atoms with Crippen LogP contribution in [0.5, 0.6) is 11.5 Å². The summed E-state index contributed by atoms with van der Waals surface area (Å²) in [5, 5.41) is 23.4. The zero-order valence-electron chi connectivity index (χ0n) is 15.1. The van der Waals surface area contributed by atoms with Crippen LogP contribution < -0.4 is 10.1 Å². The number of carbonyl (C=O) groups is 1. The highest BCUT2D eigenvalue weighted by atomic mass is 32.2. The first kappa shape index (κ1) is 21.2. The van der Waals surface area contributed by atoms with Crippen molar-refractivity contribution >= 4 is 40.3 Å². The van der Waals surface area contributed by atoms with Crippen molar-refractivity contribution in [2.75, 3.05) is 7.11 Å². The summed E-state index contributed by atoms with van der Waals surface area (Å²) >= 11 is 0.850. The Morgan fingerprint density at radius 3 is 2.67 bits per heavy atom. The highest BCUT2D eigenvalue weighted by Crippen LogP contribution is 2.38. The molecule has 30 heavy (non-hydrogen) atoms. The van der Waals surface area contributed by atoms with Gasteiger partial charge in [-0.3, -0.25) is 14.9 Å². The molecule has 0 spiro atoms. The van der Waals surface area contributed by atoms with E-state index in [1.807, 2.05) is 0 Å². The number of alkyl halides is 3. The zero-order valence-corrected chi connectivity index (χ0v) is 15.9. The van der Waals surface area contributed by atoms with Crippen molar-refractivity contribution in [2.24, 2.45) is 4.99 Å². The van der Waals surface area contributed by atoms with E-state index in [0.717, 1.165) is 30.0 Å². The molecule has 12 heteroatoms. The maximum atomic E-state index is 12.8. The van der Waals surface area contributed by atoms with Gasteiger partial charge in [0, 0.05) is 6.07 Å². The lowest BCUT2D eigenvalue weighted by Crippen LogP contribution is -2.19. The van der Waals surface area contributed by atoms with Gasteiger partial charge in [-0.1, -0.05) is 6.07 Å². The van der Waals surface area contributed by atoms with Crippen LogP contribution in [0.2, 0.25) is 0 Å². The molecule has 0 aliphatic carbocycles. The van der Waals surface area contributed by atoms with Gasteiger partial charge in [0.25, 0.3) is 5.91 Å². The highest BCUT2D eigenvalue weighted by Gasteiger charge is 2.31. The van der Waals surface area contributed by atoms with Gasteiger partial charge in [-0.15, -0.1) is 0 Å². The number of nitrogens with zero attached hydrogens (tertiary/aromatic N) is 2. The number of phenols is 1. The third-order valence-electron chi connectivity index (χ3n) is 3.85. The number of amidine groups is 1. The SMILES string of the molecule is COc1cc(/C=C2\SC(=Nc3cccc(C(F)(F)F)c3)NC2=O)cc([N+](=O)[O-])c1O. The molecule has 1 fully saturated rings. The maximum Gasteiger partial charge on any atom is 0.416 e. The molecule has 0 aromatic heterocycles. The number of nitro benzene ring substituents is 1. The minimum Gasteiger partial charge on any atom is -0.500 e. The second-order valence-electron chi connectivity index (χ2n) is 5.88. The number of thioether (sulfide) groups is 1. The number of nitrogens with one attached hydrogen (secondary N) is 1. The Bertz CT molecular complexity index is 1100. The summed E-state index contributed by atoms with van der Waals surface area (Å²) in [5.41, 5.74) is -1.29. The van der Waals surface area contributed by atoms with Crippen LogP contribution in [0.25, 0.3) is 6.08 Å². The Labute approximate surface area is 171 Å². The number of aliphatic imine (C=N–C) groups is 1. The van der Waals surface area contributed by atoms with Gasteiger partial charge in [0.05, 0.1) is 28.2 Å². The molecule has 8 nitrogen and oxygen atoms in total. The van der Waals surface area contributed by atoms with Gasteiger partial charge in [0.1, 0.15) is 0 Å². The number of rotatable bonds is 4. The minimum absolute atomic E-state index is 0.00387. The molecule has 3 rings (SSSR count).